The predicted molar refractivity (Wildman–Crippen MR) is 75.8 cm³/mol. The zero-order valence-electron chi connectivity index (χ0n) is 9.53. The minimum absolute atomic E-state index is 0.101. The van der Waals surface area contributed by atoms with Gasteiger partial charge in [0.1, 0.15) is 12.0 Å². The third-order valence-corrected chi connectivity index (χ3v) is 3.12. The van der Waals surface area contributed by atoms with Crippen LogP contribution in [-0.4, -0.2) is 15.9 Å². The van der Waals surface area contributed by atoms with Crippen LogP contribution < -0.4 is 5.32 Å². The highest BCUT2D eigenvalue weighted by atomic mass is 35.5. The van der Waals surface area contributed by atoms with Crippen LogP contribution >= 0.6 is 34.8 Å². The molecule has 1 aromatic carbocycles. The number of benzene rings is 1. The molecule has 1 N–H and O–H groups in total. The molecule has 0 aliphatic carbocycles. The van der Waals surface area contributed by atoms with Crippen LogP contribution in [-0.2, 0) is 11.2 Å². The van der Waals surface area contributed by atoms with Crippen molar-refractivity contribution in [1.82, 2.24) is 9.97 Å². The molecule has 4 nitrogen and oxygen atoms in total. The molecule has 19 heavy (non-hydrogen) atoms. The average molecular weight is 317 g/mol. The summed E-state index contributed by atoms with van der Waals surface area (Å²) in [5.74, 6) is -0.263. The lowest BCUT2D eigenvalue weighted by atomic mass is 10.1. The van der Waals surface area contributed by atoms with E-state index in [0.29, 0.717) is 5.02 Å². The predicted octanol–water partition coefficient (Wildman–Crippen LogP) is 3.62. The van der Waals surface area contributed by atoms with Crippen molar-refractivity contribution in [3.8, 4) is 0 Å². The molecule has 98 valence electrons. The van der Waals surface area contributed by atoms with Gasteiger partial charge in [-0.25, -0.2) is 9.97 Å². The number of hydrogen-bond acceptors (Lipinski definition) is 3. The van der Waals surface area contributed by atoms with Crippen molar-refractivity contribution < 1.29 is 4.79 Å². The molecule has 0 unspecified atom stereocenters. The number of aromatic nitrogens is 2. The van der Waals surface area contributed by atoms with Crippen LogP contribution in [0.3, 0.4) is 0 Å². The largest absolute Gasteiger partial charge is 0.321 e. The Morgan fingerprint density at radius 3 is 2.21 bits per heavy atom. The summed E-state index contributed by atoms with van der Waals surface area (Å²) in [6, 6.07) is 6.98. The molecule has 0 radical (unpaired) electrons. The third-order valence-electron chi connectivity index (χ3n) is 2.30. The van der Waals surface area contributed by atoms with Gasteiger partial charge in [0.15, 0.2) is 10.3 Å². The summed E-state index contributed by atoms with van der Waals surface area (Å²) in [6.07, 6.45) is 1.40. The number of nitrogens with one attached hydrogen (secondary N) is 1. The molecule has 2 aromatic rings. The summed E-state index contributed by atoms with van der Waals surface area (Å²) in [6.45, 7) is 0. The maximum absolute atomic E-state index is 11.9. The molecule has 7 heteroatoms. The van der Waals surface area contributed by atoms with Crippen LogP contribution in [0.4, 0.5) is 5.69 Å². The number of hydrogen-bond donors (Lipinski definition) is 1. The molecule has 0 aliphatic heterocycles. The van der Waals surface area contributed by atoms with E-state index in [0.717, 1.165) is 5.56 Å². The standard InChI is InChI=1S/C12H8Cl3N3O/c13-8-3-1-7(2-4-8)5-9(19)18-10-11(14)16-6-17-12(10)15/h1-4,6H,5H2,(H,18,19). The van der Waals surface area contributed by atoms with Crippen molar-refractivity contribution in [3.63, 3.8) is 0 Å². The SMILES string of the molecule is O=C(Cc1ccc(Cl)cc1)Nc1c(Cl)ncnc1Cl. The highest BCUT2D eigenvalue weighted by Crippen LogP contribution is 2.25. The van der Waals surface area contributed by atoms with Crippen LogP contribution in [0.5, 0.6) is 0 Å². The molecule has 1 amide bonds. The lowest BCUT2D eigenvalue weighted by molar-refractivity contribution is -0.115. The Balaban J connectivity index is 2.07. The van der Waals surface area contributed by atoms with Gasteiger partial charge in [-0.1, -0.05) is 46.9 Å². The molecule has 0 bridgehead atoms. The second kappa shape index (κ2) is 6.19. The number of rotatable bonds is 3. The molecule has 0 spiro atoms. The molecular formula is C12H8Cl3N3O. The number of carbonyl (C=O) groups is 1. The van der Waals surface area contributed by atoms with Crippen LogP contribution in [0.25, 0.3) is 0 Å². The van der Waals surface area contributed by atoms with Gasteiger partial charge in [0, 0.05) is 5.02 Å². The van der Waals surface area contributed by atoms with Gasteiger partial charge in [-0.15, -0.1) is 0 Å². The highest BCUT2D eigenvalue weighted by Gasteiger charge is 2.12. The number of amides is 1. The number of nitrogens with zero attached hydrogens (tertiary/aromatic N) is 2. The summed E-state index contributed by atoms with van der Waals surface area (Å²) >= 11 is 17.4. The van der Waals surface area contributed by atoms with Gasteiger partial charge < -0.3 is 5.32 Å². The number of halogens is 3. The smallest absolute Gasteiger partial charge is 0.228 e. The van der Waals surface area contributed by atoms with E-state index >= 15 is 0 Å². The topological polar surface area (TPSA) is 54.9 Å². The Morgan fingerprint density at radius 2 is 1.63 bits per heavy atom. The van der Waals surface area contributed by atoms with E-state index in [4.69, 9.17) is 34.8 Å². The Hall–Kier alpha value is -1.36. The Bertz CT molecular complexity index is 581. The molecule has 0 aliphatic rings. The van der Waals surface area contributed by atoms with Crippen LogP contribution in [0.15, 0.2) is 30.6 Å². The van der Waals surface area contributed by atoms with E-state index in [2.05, 4.69) is 15.3 Å². The summed E-state index contributed by atoms with van der Waals surface area (Å²) in [5.41, 5.74) is 1.04. The summed E-state index contributed by atoms with van der Waals surface area (Å²) in [5, 5.41) is 3.40. The first-order valence-electron chi connectivity index (χ1n) is 5.26. The maximum atomic E-state index is 11.9. The number of anilines is 1. The molecule has 0 saturated heterocycles. The van der Waals surface area contributed by atoms with Gasteiger partial charge in [-0.3, -0.25) is 4.79 Å². The van der Waals surface area contributed by atoms with Crippen molar-refractivity contribution >= 4 is 46.4 Å². The minimum atomic E-state index is -0.263. The first kappa shape index (κ1) is 14.1. The first-order valence-corrected chi connectivity index (χ1v) is 6.40. The Morgan fingerprint density at radius 1 is 1.05 bits per heavy atom. The van der Waals surface area contributed by atoms with E-state index in [-0.39, 0.29) is 28.3 Å². The quantitative estimate of drug-likeness (QED) is 0.880. The summed E-state index contributed by atoms with van der Waals surface area (Å²) in [7, 11) is 0. The summed E-state index contributed by atoms with van der Waals surface area (Å²) in [4.78, 5) is 19.4. The normalized spacial score (nSPS) is 10.3. The molecular weight excluding hydrogens is 309 g/mol. The van der Waals surface area contributed by atoms with Crippen molar-refractivity contribution in [1.29, 1.82) is 0 Å². The average Bonchev–Trinajstić information content (AvgIpc) is 2.37. The Labute approximate surface area is 124 Å². The fourth-order valence-corrected chi connectivity index (χ4v) is 1.95. The van der Waals surface area contributed by atoms with Crippen molar-refractivity contribution in [2.24, 2.45) is 0 Å². The first-order chi connectivity index (χ1) is 9.06. The van der Waals surface area contributed by atoms with Gasteiger partial charge in [0.05, 0.1) is 6.42 Å². The second-order valence-corrected chi connectivity index (χ2v) is 4.83. The summed E-state index contributed by atoms with van der Waals surface area (Å²) < 4.78 is 0. The van der Waals surface area contributed by atoms with Crippen molar-refractivity contribution in [2.75, 3.05) is 5.32 Å². The van der Waals surface area contributed by atoms with E-state index < -0.39 is 0 Å². The second-order valence-electron chi connectivity index (χ2n) is 3.68. The minimum Gasteiger partial charge on any atom is -0.321 e. The van der Waals surface area contributed by atoms with Gasteiger partial charge >= 0.3 is 0 Å². The lowest BCUT2D eigenvalue weighted by Crippen LogP contribution is -2.15. The lowest BCUT2D eigenvalue weighted by Gasteiger charge is -2.07. The van der Waals surface area contributed by atoms with E-state index in [1.54, 1.807) is 24.3 Å². The third kappa shape index (κ3) is 3.80. The fourth-order valence-electron chi connectivity index (χ4n) is 1.42. The van der Waals surface area contributed by atoms with Gasteiger partial charge in [0.2, 0.25) is 5.91 Å². The molecule has 0 fully saturated rings. The highest BCUT2D eigenvalue weighted by molar-refractivity contribution is 6.38. The van der Waals surface area contributed by atoms with Crippen LogP contribution in [0.1, 0.15) is 5.56 Å². The molecule has 2 rings (SSSR count). The molecule has 0 atom stereocenters. The number of carbonyl (C=O) groups excluding carboxylic acids is 1. The zero-order valence-corrected chi connectivity index (χ0v) is 11.8. The fraction of sp³-hybridized carbons (Fsp3) is 0.0833. The molecule has 0 saturated carbocycles. The van der Waals surface area contributed by atoms with Crippen molar-refractivity contribution in [2.45, 2.75) is 6.42 Å². The zero-order chi connectivity index (χ0) is 13.8. The van der Waals surface area contributed by atoms with Crippen molar-refractivity contribution in [3.05, 3.63) is 51.5 Å². The maximum Gasteiger partial charge on any atom is 0.228 e. The van der Waals surface area contributed by atoms with Crippen LogP contribution in [0.2, 0.25) is 15.3 Å². The molecule has 1 aromatic heterocycles. The van der Waals surface area contributed by atoms with Gasteiger partial charge in [0.25, 0.3) is 0 Å². The Kier molecular flexibility index (Phi) is 4.58. The van der Waals surface area contributed by atoms with E-state index in [1.165, 1.54) is 6.33 Å². The van der Waals surface area contributed by atoms with Crippen LogP contribution in [0, 0.1) is 0 Å². The monoisotopic (exact) mass is 315 g/mol. The van der Waals surface area contributed by atoms with E-state index in [1.807, 2.05) is 0 Å². The molecule has 1 heterocycles. The van der Waals surface area contributed by atoms with Gasteiger partial charge in [-0.05, 0) is 17.7 Å². The van der Waals surface area contributed by atoms with Gasteiger partial charge in [-0.2, -0.15) is 0 Å². The van der Waals surface area contributed by atoms with E-state index in [9.17, 15) is 4.79 Å².